The Morgan fingerprint density at radius 2 is 1.80 bits per heavy atom. The van der Waals surface area contributed by atoms with Crippen LogP contribution in [0.25, 0.3) is 0 Å². The zero-order chi connectivity index (χ0) is 14.5. The third-order valence-corrected chi connectivity index (χ3v) is 2.83. The molecule has 1 aromatic heterocycles. The Kier molecular flexibility index (Phi) is 4.14. The van der Waals surface area contributed by atoms with E-state index in [9.17, 15) is 9.90 Å². The molecular formula is C14H14N2O4. The summed E-state index contributed by atoms with van der Waals surface area (Å²) in [5.41, 5.74) is 0.529. The Hall–Kier alpha value is -2.63. The van der Waals surface area contributed by atoms with Crippen molar-refractivity contribution in [1.29, 1.82) is 0 Å². The van der Waals surface area contributed by atoms with Gasteiger partial charge in [-0.25, -0.2) is 9.97 Å². The van der Waals surface area contributed by atoms with Crippen LogP contribution in [0.5, 0.6) is 11.5 Å². The normalized spacial score (nSPS) is 11.7. The molecule has 0 aliphatic heterocycles. The molecule has 0 saturated heterocycles. The van der Waals surface area contributed by atoms with E-state index in [1.54, 1.807) is 24.3 Å². The predicted molar refractivity (Wildman–Crippen MR) is 71.1 cm³/mol. The number of nitrogens with zero attached hydrogens (tertiary/aromatic N) is 2. The fourth-order valence-corrected chi connectivity index (χ4v) is 1.89. The third-order valence-electron chi connectivity index (χ3n) is 2.83. The van der Waals surface area contributed by atoms with Crippen LogP contribution >= 0.6 is 0 Å². The highest BCUT2D eigenvalue weighted by molar-refractivity contribution is 5.79. The second-order valence-corrected chi connectivity index (χ2v) is 3.99. The van der Waals surface area contributed by atoms with Gasteiger partial charge in [-0.1, -0.05) is 6.07 Å². The van der Waals surface area contributed by atoms with E-state index in [-0.39, 0.29) is 5.82 Å². The maximum Gasteiger partial charge on any atom is 0.318 e. The second-order valence-electron chi connectivity index (χ2n) is 3.99. The summed E-state index contributed by atoms with van der Waals surface area (Å²) in [5.74, 6) is -0.742. The van der Waals surface area contributed by atoms with Gasteiger partial charge in [0.2, 0.25) is 0 Å². The Morgan fingerprint density at radius 3 is 2.35 bits per heavy atom. The van der Waals surface area contributed by atoms with E-state index in [2.05, 4.69) is 9.97 Å². The maximum atomic E-state index is 11.5. The molecule has 1 N–H and O–H groups in total. The first kappa shape index (κ1) is 13.8. The Labute approximate surface area is 116 Å². The Morgan fingerprint density at radius 1 is 1.15 bits per heavy atom. The van der Waals surface area contributed by atoms with Gasteiger partial charge in [0.1, 0.15) is 11.7 Å². The highest BCUT2D eigenvalue weighted by Gasteiger charge is 2.25. The first-order valence-corrected chi connectivity index (χ1v) is 5.89. The number of hydrogen-bond donors (Lipinski definition) is 1. The first-order chi connectivity index (χ1) is 9.67. The standard InChI is InChI=1S/C14H14N2O4/c1-19-10-5-4-9(8-11(10)20-2)12(14(17)18)13-15-6-3-7-16-13/h3-8,12H,1-2H3,(H,17,18). The van der Waals surface area contributed by atoms with Gasteiger partial charge in [-0.3, -0.25) is 4.79 Å². The van der Waals surface area contributed by atoms with Crippen LogP contribution in [-0.4, -0.2) is 35.3 Å². The number of carbonyl (C=O) groups is 1. The van der Waals surface area contributed by atoms with Crippen LogP contribution in [0.15, 0.2) is 36.7 Å². The summed E-state index contributed by atoms with van der Waals surface area (Å²) in [5, 5.41) is 9.42. The topological polar surface area (TPSA) is 81.5 Å². The Bertz CT molecular complexity index is 601. The van der Waals surface area contributed by atoms with E-state index < -0.39 is 11.9 Å². The molecule has 0 aliphatic carbocycles. The summed E-state index contributed by atoms with van der Waals surface area (Å²) in [6.45, 7) is 0. The van der Waals surface area contributed by atoms with E-state index in [1.165, 1.54) is 26.6 Å². The summed E-state index contributed by atoms with van der Waals surface area (Å²) in [6.07, 6.45) is 3.03. The minimum Gasteiger partial charge on any atom is -0.493 e. The lowest BCUT2D eigenvalue weighted by molar-refractivity contribution is -0.137. The number of ether oxygens (including phenoxy) is 2. The molecule has 1 aromatic carbocycles. The quantitative estimate of drug-likeness (QED) is 0.893. The highest BCUT2D eigenvalue weighted by atomic mass is 16.5. The lowest BCUT2D eigenvalue weighted by atomic mass is 9.98. The molecule has 6 heteroatoms. The number of hydrogen-bond acceptors (Lipinski definition) is 5. The number of carboxylic acids is 1. The number of carboxylic acid groups (broad SMARTS) is 1. The number of aromatic nitrogens is 2. The van der Waals surface area contributed by atoms with Crippen molar-refractivity contribution in [3.05, 3.63) is 48.0 Å². The molecule has 104 valence electrons. The minimum atomic E-state index is -1.02. The lowest BCUT2D eigenvalue weighted by Crippen LogP contribution is -2.16. The summed E-state index contributed by atoms with van der Waals surface area (Å²) in [4.78, 5) is 19.5. The molecule has 20 heavy (non-hydrogen) atoms. The van der Waals surface area contributed by atoms with Crippen LogP contribution in [0.2, 0.25) is 0 Å². The van der Waals surface area contributed by atoms with Crippen LogP contribution < -0.4 is 9.47 Å². The van der Waals surface area contributed by atoms with Crippen molar-refractivity contribution < 1.29 is 19.4 Å². The van der Waals surface area contributed by atoms with Gasteiger partial charge in [-0.15, -0.1) is 0 Å². The van der Waals surface area contributed by atoms with Crippen molar-refractivity contribution in [2.24, 2.45) is 0 Å². The molecule has 0 aliphatic rings. The van der Waals surface area contributed by atoms with Gasteiger partial charge in [0.05, 0.1) is 14.2 Å². The fourth-order valence-electron chi connectivity index (χ4n) is 1.89. The SMILES string of the molecule is COc1ccc(C(C(=O)O)c2ncccn2)cc1OC. The first-order valence-electron chi connectivity index (χ1n) is 5.89. The van der Waals surface area contributed by atoms with Crippen LogP contribution in [0.3, 0.4) is 0 Å². The van der Waals surface area contributed by atoms with Gasteiger partial charge in [-0.05, 0) is 23.8 Å². The van der Waals surface area contributed by atoms with Crippen molar-refractivity contribution in [2.45, 2.75) is 5.92 Å². The summed E-state index contributed by atoms with van der Waals surface area (Å²) in [7, 11) is 3.02. The third kappa shape index (κ3) is 2.69. The largest absolute Gasteiger partial charge is 0.493 e. The average Bonchev–Trinajstić information content (AvgIpc) is 2.48. The van der Waals surface area contributed by atoms with Crippen LogP contribution in [-0.2, 0) is 4.79 Å². The lowest BCUT2D eigenvalue weighted by Gasteiger charge is -2.14. The maximum absolute atomic E-state index is 11.5. The number of rotatable bonds is 5. The summed E-state index contributed by atoms with van der Waals surface area (Å²) < 4.78 is 10.3. The number of benzene rings is 1. The number of methoxy groups -OCH3 is 2. The molecule has 0 radical (unpaired) electrons. The van der Waals surface area contributed by atoms with Crippen LogP contribution in [0, 0.1) is 0 Å². The second kappa shape index (κ2) is 6.01. The molecule has 0 saturated carbocycles. The molecule has 0 bridgehead atoms. The molecule has 1 atom stereocenters. The number of aliphatic carboxylic acids is 1. The van der Waals surface area contributed by atoms with Crippen molar-refractivity contribution in [2.75, 3.05) is 14.2 Å². The Balaban J connectivity index is 2.48. The van der Waals surface area contributed by atoms with Crippen molar-refractivity contribution in [1.82, 2.24) is 9.97 Å². The van der Waals surface area contributed by atoms with E-state index in [4.69, 9.17) is 9.47 Å². The monoisotopic (exact) mass is 274 g/mol. The van der Waals surface area contributed by atoms with Gasteiger partial charge in [0.25, 0.3) is 0 Å². The van der Waals surface area contributed by atoms with E-state index >= 15 is 0 Å². The van der Waals surface area contributed by atoms with E-state index in [1.807, 2.05) is 0 Å². The van der Waals surface area contributed by atoms with Crippen molar-refractivity contribution >= 4 is 5.97 Å². The van der Waals surface area contributed by atoms with Crippen LogP contribution in [0.4, 0.5) is 0 Å². The molecule has 2 rings (SSSR count). The van der Waals surface area contributed by atoms with Gasteiger partial charge < -0.3 is 14.6 Å². The predicted octanol–water partition coefficient (Wildman–Crippen LogP) is 1.71. The van der Waals surface area contributed by atoms with E-state index in [0.29, 0.717) is 17.1 Å². The highest BCUT2D eigenvalue weighted by Crippen LogP contribution is 2.32. The minimum absolute atomic E-state index is 0.229. The average molecular weight is 274 g/mol. The van der Waals surface area contributed by atoms with Gasteiger partial charge in [0, 0.05) is 12.4 Å². The molecule has 1 unspecified atom stereocenters. The zero-order valence-corrected chi connectivity index (χ0v) is 11.1. The molecular weight excluding hydrogens is 260 g/mol. The summed E-state index contributed by atoms with van der Waals surface area (Å²) >= 11 is 0. The van der Waals surface area contributed by atoms with Gasteiger partial charge in [-0.2, -0.15) is 0 Å². The van der Waals surface area contributed by atoms with Crippen LogP contribution in [0.1, 0.15) is 17.3 Å². The molecule has 0 fully saturated rings. The van der Waals surface area contributed by atoms with Crippen molar-refractivity contribution in [3.8, 4) is 11.5 Å². The smallest absolute Gasteiger partial charge is 0.318 e. The molecule has 6 nitrogen and oxygen atoms in total. The molecule has 0 amide bonds. The molecule has 1 heterocycles. The summed E-state index contributed by atoms with van der Waals surface area (Å²) in [6, 6.07) is 6.58. The molecule has 2 aromatic rings. The molecule has 0 spiro atoms. The fraction of sp³-hybridized carbons (Fsp3) is 0.214. The van der Waals surface area contributed by atoms with Crippen molar-refractivity contribution in [3.63, 3.8) is 0 Å². The van der Waals surface area contributed by atoms with Gasteiger partial charge >= 0.3 is 5.97 Å². The zero-order valence-electron chi connectivity index (χ0n) is 11.1. The van der Waals surface area contributed by atoms with Gasteiger partial charge in [0.15, 0.2) is 11.5 Å². The van der Waals surface area contributed by atoms with E-state index in [0.717, 1.165) is 0 Å².